The van der Waals surface area contributed by atoms with E-state index in [4.69, 9.17) is 11.6 Å². The molecule has 0 spiro atoms. The van der Waals surface area contributed by atoms with Crippen LogP contribution in [-0.4, -0.2) is 22.8 Å². The van der Waals surface area contributed by atoms with Crippen LogP contribution in [0.3, 0.4) is 0 Å². The monoisotopic (exact) mass is 422 g/mol. The Morgan fingerprint density at radius 1 is 1.00 bits per heavy atom. The highest BCUT2D eigenvalue weighted by Gasteiger charge is 2.21. The van der Waals surface area contributed by atoms with Crippen molar-refractivity contribution in [2.24, 2.45) is 5.73 Å². The molecular weight excluding hydrogens is 384 g/mol. The third-order valence-electron chi connectivity index (χ3n) is 3.58. The second-order valence-corrected chi connectivity index (χ2v) is 5.24. The molecule has 0 atom stereocenters. The fourth-order valence-electron chi connectivity index (χ4n) is 2.52. The zero-order chi connectivity index (χ0) is 23.6. The summed E-state index contributed by atoms with van der Waals surface area (Å²) in [5.41, 5.74) is 8.16. The topological polar surface area (TPSA) is 65.1 Å². The van der Waals surface area contributed by atoms with Crippen LogP contribution < -0.4 is 5.73 Å². The molecule has 29 heavy (non-hydrogen) atoms. The van der Waals surface area contributed by atoms with Gasteiger partial charge in [-0.3, -0.25) is 14.2 Å². The summed E-state index contributed by atoms with van der Waals surface area (Å²) in [7, 11) is 1.50. The maximum Gasteiger partial charge on any atom is 0.262 e. The third-order valence-corrected chi connectivity index (χ3v) is 3.72. The summed E-state index contributed by atoms with van der Waals surface area (Å²) in [6.07, 6.45) is 1.74. The second kappa shape index (κ2) is 19.2. The second-order valence-electron chi connectivity index (χ2n) is 4.82. The zero-order valence-electron chi connectivity index (χ0n) is 19.6. The number of aromatic nitrogens is 1. The minimum atomic E-state index is -0.443. The van der Waals surface area contributed by atoms with E-state index in [-0.39, 0.29) is 12.3 Å². The average molecular weight is 423 g/mol. The van der Waals surface area contributed by atoms with Crippen LogP contribution in [0, 0.1) is 13.8 Å². The number of hydrogen-bond donors (Lipinski definition) is 1. The van der Waals surface area contributed by atoms with Gasteiger partial charge in [0, 0.05) is 17.7 Å². The van der Waals surface area contributed by atoms with E-state index in [0.29, 0.717) is 11.3 Å². The Morgan fingerprint density at radius 2 is 1.45 bits per heavy atom. The SMILES string of the molecule is C=Cc1c(C)c(CC(=O)Cl)c(C)n1C(=O)c1ccccc1.CC.CC.CC.CN. The molecule has 1 aromatic carbocycles. The Bertz CT molecular complexity index is 720. The van der Waals surface area contributed by atoms with Crippen LogP contribution in [0.15, 0.2) is 36.9 Å². The lowest BCUT2D eigenvalue weighted by Gasteiger charge is -2.08. The zero-order valence-corrected chi connectivity index (χ0v) is 20.4. The van der Waals surface area contributed by atoms with Gasteiger partial charge in [-0.25, -0.2) is 0 Å². The van der Waals surface area contributed by atoms with Gasteiger partial charge in [0.1, 0.15) is 0 Å². The Morgan fingerprint density at radius 3 is 1.83 bits per heavy atom. The number of benzene rings is 1. The van der Waals surface area contributed by atoms with Crippen molar-refractivity contribution in [1.29, 1.82) is 0 Å². The number of carbonyl (C=O) groups excluding carboxylic acids is 2. The number of carbonyl (C=O) groups is 2. The van der Waals surface area contributed by atoms with Crippen molar-refractivity contribution < 1.29 is 9.59 Å². The van der Waals surface area contributed by atoms with Crippen molar-refractivity contribution in [1.82, 2.24) is 4.57 Å². The van der Waals surface area contributed by atoms with Gasteiger partial charge in [-0.2, -0.15) is 0 Å². The molecule has 0 unspecified atom stereocenters. The van der Waals surface area contributed by atoms with E-state index in [0.717, 1.165) is 16.8 Å². The molecule has 2 aromatic rings. The molecule has 0 aliphatic rings. The first-order valence-corrected chi connectivity index (χ1v) is 10.5. The molecule has 0 aliphatic heterocycles. The predicted molar refractivity (Wildman–Crippen MR) is 129 cm³/mol. The number of hydrogen-bond acceptors (Lipinski definition) is 3. The van der Waals surface area contributed by atoms with E-state index in [1.165, 1.54) is 7.05 Å². The summed E-state index contributed by atoms with van der Waals surface area (Å²) >= 11 is 5.50. The Hall–Kier alpha value is -2.17. The normalized spacial score (nSPS) is 8.38. The Balaban J connectivity index is -0.000000754. The lowest BCUT2D eigenvalue weighted by atomic mass is 10.1. The molecule has 0 aliphatic carbocycles. The minimum absolute atomic E-state index is 0.106. The third kappa shape index (κ3) is 9.25. The van der Waals surface area contributed by atoms with Gasteiger partial charge in [-0.05, 0) is 61.8 Å². The maximum atomic E-state index is 12.7. The highest BCUT2D eigenvalue weighted by molar-refractivity contribution is 6.63. The fraction of sp³-hybridized carbons (Fsp3) is 0.417. The Kier molecular flexibility index (Phi) is 20.8. The quantitative estimate of drug-likeness (QED) is 0.579. The van der Waals surface area contributed by atoms with Gasteiger partial charge in [-0.15, -0.1) is 0 Å². The summed E-state index contributed by atoms with van der Waals surface area (Å²) in [6, 6.07) is 9.01. The van der Waals surface area contributed by atoms with Gasteiger partial charge >= 0.3 is 0 Å². The van der Waals surface area contributed by atoms with Crippen LogP contribution in [0.2, 0.25) is 0 Å². The molecule has 1 heterocycles. The van der Waals surface area contributed by atoms with E-state index < -0.39 is 5.24 Å². The highest BCUT2D eigenvalue weighted by atomic mass is 35.5. The first-order chi connectivity index (χ1) is 14.0. The van der Waals surface area contributed by atoms with Crippen LogP contribution in [0.5, 0.6) is 0 Å². The smallest absolute Gasteiger partial charge is 0.262 e. The number of rotatable bonds is 4. The van der Waals surface area contributed by atoms with E-state index in [1.807, 2.05) is 73.6 Å². The molecule has 2 N–H and O–H groups in total. The maximum absolute atomic E-state index is 12.7. The molecule has 4 nitrogen and oxygen atoms in total. The van der Waals surface area contributed by atoms with Crippen LogP contribution in [0.25, 0.3) is 6.08 Å². The summed E-state index contributed by atoms with van der Waals surface area (Å²) in [6.45, 7) is 19.5. The van der Waals surface area contributed by atoms with Crippen LogP contribution in [-0.2, 0) is 11.2 Å². The van der Waals surface area contributed by atoms with Gasteiger partial charge in [0.05, 0.1) is 5.69 Å². The van der Waals surface area contributed by atoms with Gasteiger partial charge in [0.2, 0.25) is 5.24 Å². The largest absolute Gasteiger partial charge is 0.333 e. The van der Waals surface area contributed by atoms with E-state index in [9.17, 15) is 9.59 Å². The van der Waals surface area contributed by atoms with Gasteiger partial charge in [-0.1, -0.05) is 66.3 Å². The molecule has 1 aromatic heterocycles. The lowest BCUT2D eigenvalue weighted by molar-refractivity contribution is -0.111. The van der Waals surface area contributed by atoms with Crippen molar-refractivity contribution in [2.75, 3.05) is 7.05 Å². The molecule has 0 fully saturated rings. The van der Waals surface area contributed by atoms with E-state index in [2.05, 4.69) is 12.3 Å². The van der Waals surface area contributed by atoms with Crippen LogP contribution in [0.4, 0.5) is 0 Å². The van der Waals surface area contributed by atoms with Crippen LogP contribution >= 0.6 is 11.6 Å². The van der Waals surface area contributed by atoms with Crippen molar-refractivity contribution >= 4 is 28.8 Å². The molecule has 0 saturated carbocycles. The highest BCUT2D eigenvalue weighted by Crippen LogP contribution is 2.25. The van der Waals surface area contributed by atoms with E-state index in [1.54, 1.807) is 22.8 Å². The lowest BCUT2D eigenvalue weighted by Crippen LogP contribution is -2.15. The van der Waals surface area contributed by atoms with Gasteiger partial charge in [0.25, 0.3) is 5.91 Å². The summed E-state index contributed by atoms with van der Waals surface area (Å²) in [5.74, 6) is -0.139. The number of nitrogens with two attached hydrogens (primary N) is 1. The summed E-state index contributed by atoms with van der Waals surface area (Å²) < 4.78 is 1.59. The number of nitrogens with zero attached hydrogens (tertiary/aromatic N) is 1. The molecular formula is C24H39ClN2O2. The molecule has 164 valence electrons. The van der Waals surface area contributed by atoms with Crippen molar-refractivity contribution in [3.8, 4) is 0 Å². The minimum Gasteiger partial charge on any atom is -0.333 e. The predicted octanol–water partition coefficient (Wildman–Crippen LogP) is 6.40. The van der Waals surface area contributed by atoms with Gasteiger partial charge in [0.15, 0.2) is 0 Å². The molecule has 0 saturated heterocycles. The van der Waals surface area contributed by atoms with Crippen LogP contribution in [0.1, 0.15) is 74.4 Å². The molecule has 2 rings (SSSR count). The summed E-state index contributed by atoms with van der Waals surface area (Å²) in [5, 5.41) is -0.443. The molecule has 5 heteroatoms. The standard InChI is InChI=1S/C17H16ClNO2.3C2H6.CH5N/c1-4-15-11(2)14(10-16(18)20)12(3)19(15)17(21)13-8-6-5-7-9-13;4*1-2/h4-9H,1,10H2,2-3H3;3*1-2H3;2H2,1H3. The van der Waals surface area contributed by atoms with Crippen molar-refractivity contribution in [3.63, 3.8) is 0 Å². The molecule has 0 amide bonds. The molecule has 0 bridgehead atoms. The average Bonchev–Trinajstić information content (AvgIpc) is 3.03. The Labute approximate surface area is 182 Å². The van der Waals surface area contributed by atoms with Crippen molar-refractivity contribution in [2.45, 2.75) is 61.8 Å². The first kappa shape index (κ1) is 31.5. The summed E-state index contributed by atoms with van der Waals surface area (Å²) in [4.78, 5) is 23.9. The number of halogens is 1. The first-order valence-electron chi connectivity index (χ1n) is 10.2. The molecule has 0 radical (unpaired) electrons. The van der Waals surface area contributed by atoms with E-state index >= 15 is 0 Å². The van der Waals surface area contributed by atoms with Gasteiger partial charge < -0.3 is 5.73 Å². The van der Waals surface area contributed by atoms with Crippen molar-refractivity contribution in [3.05, 3.63) is 65.0 Å². The fourth-order valence-corrected chi connectivity index (χ4v) is 2.66.